The summed E-state index contributed by atoms with van der Waals surface area (Å²) in [6.45, 7) is 2.03. The molecule has 2 aromatic carbocycles. The number of para-hydroxylation sites is 2. The molecular formula is C19H20ClNO4S. The van der Waals surface area contributed by atoms with Crippen LogP contribution in [0.5, 0.6) is 5.75 Å². The molecule has 0 aliphatic rings. The van der Waals surface area contributed by atoms with E-state index in [1.807, 2.05) is 25.1 Å². The van der Waals surface area contributed by atoms with Crippen molar-refractivity contribution in [3.8, 4) is 5.75 Å². The van der Waals surface area contributed by atoms with Crippen molar-refractivity contribution in [2.45, 2.75) is 18.2 Å². The van der Waals surface area contributed by atoms with E-state index in [2.05, 4.69) is 5.32 Å². The van der Waals surface area contributed by atoms with Gasteiger partial charge in [0.1, 0.15) is 5.75 Å². The van der Waals surface area contributed by atoms with Gasteiger partial charge in [-0.25, -0.2) is 0 Å². The normalized spacial score (nSPS) is 10.2. The molecule has 0 bridgehead atoms. The number of halogens is 1. The molecule has 0 heterocycles. The lowest BCUT2D eigenvalue weighted by atomic mass is 10.3. The largest absolute Gasteiger partial charge is 0.492 e. The SMILES string of the molecule is CCOc1ccccc1NC(=O)COC(=O)CCSc1ccc(Cl)cc1. The molecule has 7 heteroatoms. The Morgan fingerprint density at radius 2 is 1.85 bits per heavy atom. The van der Waals surface area contributed by atoms with E-state index < -0.39 is 11.9 Å². The summed E-state index contributed by atoms with van der Waals surface area (Å²) < 4.78 is 10.4. The van der Waals surface area contributed by atoms with E-state index in [1.54, 1.807) is 30.3 Å². The maximum Gasteiger partial charge on any atom is 0.307 e. The van der Waals surface area contributed by atoms with E-state index in [1.165, 1.54) is 11.8 Å². The van der Waals surface area contributed by atoms with Crippen LogP contribution in [0.2, 0.25) is 5.02 Å². The smallest absolute Gasteiger partial charge is 0.307 e. The van der Waals surface area contributed by atoms with Crippen LogP contribution < -0.4 is 10.1 Å². The number of thioether (sulfide) groups is 1. The predicted molar refractivity (Wildman–Crippen MR) is 104 cm³/mol. The third kappa shape index (κ3) is 6.98. The monoisotopic (exact) mass is 393 g/mol. The van der Waals surface area contributed by atoms with Gasteiger partial charge in [-0.3, -0.25) is 9.59 Å². The van der Waals surface area contributed by atoms with Crippen LogP contribution in [-0.2, 0) is 14.3 Å². The van der Waals surface area contributed by atoms with Crippen LogP contribution in [0.4, 0.5) is 5.69 Å². The molecule has 0 fully saturated rings. The highest BCUT2D eigenvalue weighted by Gasteiger charge is 2.10. The molecule has 0 saturated carbocycles. The molecule has 0 unspecified atom stereocenters. The molecular weight excluding hydrogens is 374 g/mol. The maximum absolute atomic E-state index is 11.9. The van der Waals surface area contributed by atoms with Crippen LogP contribution in [0.1, 0.15) is 13.3 Å². The van der Waals surface area contributed by atoms with Crippen molar-refractivity contribution in [1.82, 2.24) is 0 Å². The molecule has 2 aromatic rings. The fourth-order valence-corrected chi connectivity index (χ4v) is 3.00. The lowest BCUT2D eigenvalue weighted by molar-refractivity contribution is -0.146. The number of esters is 1. The Morgan fingerprint density at radius 3 is 2.58 bits per heavy atom. The van der Waals surface area contributed by atoms with Gasteiger partial charge in [0.2, 0.25) is 0 Å². The van der Waals surface area contributed by atoms with Gasteiger partial charge in [0.15, 0.2) is 6.61 Å². The highest BCUT2D eigenvalue weighted by molar-refractivity contribution is 7.99. The molecule has 0 spiro atoms. The maximum atomic E-state index is 11.9. The van der Waals surface area contributed by atoms with Gasteiger partial charge in [0.05, 0.1) is 18.7 Å². The van der Waals surface area contributed by atoms with Crippen molar-refractivity contribution in [3.05, 3.63) is 53.6 Å². The number of hydrogen-bond acceptors (Lipinski definition) is 5. The number of ether oxygens (including phenoxy) is 2. The van der Waals surface area contributed by atoms with E-state index in [4.69, 9.17) is 21.1 Å². The second-order valence-corrected chi connectivity index (χ2v) is 6.80. The quantitative estimate of drug-likeness (QED) is 0.505. The molecule has 0 saturated heterocycles. The molecule has 5 nitrogen and oxygen atoms in total. The summed E-state index contributed by atoms with van der Waals surface area (Å²) in [6, 6.07) is 14.5. The third-order valence-corrected chi connectivity index (χ3v) is 4.48. The summed E-state index contributed by atoms with van der Waals surface area (Å²) in [7, 11) is 0. The number of nitrogens with one attached hydrogen (secondary N) is 1. The second-order valence-electron chi connectivity index (χ2n) is 5.19. The molecule has 0 aliphatic carbocycles. The Labute approximate surface area is 162 Å². The molecule has 0 aliphatic heterocycles. The molecule has 0 aromatic heterocycles. The molecule has 2 rings (SSSR count). The minimum Gasteiger partial charge on any atom is -0.492 e. The van der Waals surface area contributed by atoms with Crippen molar-refractivity contribution >= 4 is 40.9 Å². The number of rotatable bonds is 9. The standard InChI is InChI=1S/C19H20ClNO4S/c1-2-24-17-6-4-3-5-16(17)21-18(22)13-25-19(23)11-12-26-15-9-7-14(20)8-10-15/h3-10H,2,11-13H2,1H3,(H,21,22). The average molecular weight is 394 g/mol. The van der Waals surface area contributed by atoms with E-state index in [0.717, 1.165) is 4.90 Å². The summed E-state index contributed by atoms with van der Waals surface area (Å²) in [5.74, 6) is 0.319. The first-order valence-electron chi connectivity index (χ1n) is 8.14. The van der Waals surface area contributed by atoms with Crippen molar-refractivity contribution in [2.75, 3.05) is 24.3 Å². The second kappa shape index (κ2) is 10.7. The van der Waals surface area contributed by atoms with Gasteiger partial charge >= 0.3 is 5.97 Å². The van der Waals surface area contributed by atoms with Crippen LogP contribution in [-0.4, -0.2) is 30.8 Å². The fourth-order valence-electron chi connectivity index (χ4n) is 2.04. The van der Waals surface area contributed by atoms with E-state index in [-0.39, 0.29) is 13.0 Å². The number of amides is 1. The first-order chi connectivity index (χ1) is 12.6. The Morgan fingerprint density at radius 1 is 1.12 bits per heavy atom. The van der Waals surface area contributed by atoms with Gasteiger partial charge in [-0.2, -0.15) is 0 Å². The van der Waals surface area contributed by atoms with Crippen LogP contribution in [0, 0.1) is 0 Å². The summed E-state index contributed by atoms with van der Waals surface area (Å²) in [5, 5.41) is 3.35. The Bertz CT molecular complexity index is 737. The zero-order valence-electron chi connectivity index (χ0n) is 14.4. The first-order valence-corrected chi connectivity index (χ1v) is 9.50. The highest BCUT2D eigenvalue weighted by Crippen LogP contribution is 2.23. The summed E-state index contributed by atoms with van der Waals surface area (Å²) in [4.78, 5) is 24.7. The summed E-state index contributed by atoms with van der Waals surface area (Å²) in [6.07, 6.45) is 0.218. The lowest BCUT2D eigenvalue weighted by Crippen LogP contribution is -2.21. The number of anilines is 1. The fraction of sp³-hybridized carbons (Fsp3) is 0.263. The van der Waals surface area contributed by atoms with Crippen LogP contribution in [0.25, 0.3) is 0 Å². The van der Waals surface area contributed by atoms with Crippen LogP contribution >= 0.6 is 23.4 Å². The molecule has 0 atom stereocenters. The summed E-state index contributed by atoms with van der Waals surface area (Å²) >= 11 is 7.35. The number of hydrogen-bond donors (Lipinski definition) is 1. The van der Waals surface area contributed by atoms with Crippen molar-refractivity contribution in [3.63, 3.8) is 0 Å². The highest BCUT2D eigenvalue weighted by atomic mass is 35.5. The minimum atomic E-state index is -0.417. The Hall–Kier alpha value is -2.18. The molecule has 138 valence electrons. The average Bonchev–Trinajstić information content (AvgIpc) is 2.63. The first kappa shape index (κ1) is 20.1. The number of carbonyl (C=O) groups excluding carboxylic acids is 2. The number of carbonyl (C=O) groups is 2. The molecule has 1 N–H and O–H groups in total. The molecule has 1 amide bonds. The third-order valence-electron chi connectivity index (χ3n) is 3.21. The summed E-state index contributed by atoms with van der Waals surface area (Å²) in [5.41, 5.74) is 0.550. The lowest BCUT2D eigenvalue weighted by Gasteiger charge is -2.11. The zero-order valence-corrected chi connectivity index (χ0v) is 15.9. The van der Waals surface area contributed by atoms with E-state index in [9.17, 15) is 9.59 Å². The van der Waals surface area contributed by atoms with Crippen molar-refractivity contribution in [1.29, 1.82) is 0 Å². The van der Waals surface area contributed by atoms with E-state index in [0.29, 0.717) is 28.8 Å². The number of benzene rings is 2. The van der Waals surface area contributed by atoms with Gasteiger partial charge < -0.3 is 14.8 Å². The Kier molecular flexibility index (Phi) is 8.31. The Balaban J connectivity index is 1.70. The van der Waals surface area contributed by atoms with Gasteiger partial charge in [-0.15, -0.1) is 11.8 Å². The van der Waals surface area contributed by atoms with Gasteiger partial charge in [0.25, 0.3) is 5.91 Å². The predicted octanol–water partition coefficient (Wildman–Crippen LogP) is 4.40. The van der Waals surface area contributed by atoms with Crippen LogP contribution in [0.3, 0.4) is 0 Å². The van der Waals surface area contributed by atoms with Gasteiger partial charge in [-0.1, -0.05) is 23.7 Å². The van der Waals surface area contributed by atoms with Gasteiger partial charge in [0, 0.05) is 15.7 Å². The van der Waals surface area contributed by atoms with Crippen LogP contribution in [0.15, 0.2) is 53.4 Å². The van der Waals surface area contributed by atoms with Gasteiger partial charge in [-0.05, 0) is 43.3 Å². The van der Waals surface area contributed by atoms with Crippen molar-refractivity contribution < 1.29 is 19.1 Å². The molecule has 0 radical (unpaired) electrons. The minimum absolute atomic E-state index is 0.218. The zero-order chi connectivity index (χ0) is 18.8. The van der Waals surface area contributed by atoms with E-state index >= 15 is 0 Å². The topological polar surface area (TPSA) is 64.6 Å². The molecule has 26 heavy (non-hydrogen) atoms. The van der Waals surface area contributed by atoms with Crippen molar-refractivity contribution in [2.24, 2.45) is 0 Å².